The predicted octanol–water partition coefficient (Wildman–Crippen LogP) is 2.09. The summed E-state index contributed by atoms with van der Waals surface area (Å²) in [6.07, 6.45) is 6.89. The van der Waals surface area contributed by atoms with E-state index in [9.17, 15) is 0 Å². The molecular formula is C12H20N4S. The van der Waals surface area contributed by atoms with E-state index < -0.39 is 0 Å². The number of aromatic nitrogens is 1. The van der Waals surface area contributed by atoms with Crippen molar-refractivity contribution in [1.29, 1.82) is 0 Å². The molecule has 0 saturated heterocycles. The Balaban J connectivity index is 1.78. The van der Waals surface area contributed by atoms with Crippen LogP contribution in [0, 0.1) is 0 Å². The molecule has 0 amide bonds. The molecule has 5 heteroatoms. The zero-order valence-corrected chi connectivity index (χ0v) is 11.0. The van der Waals surface area contributed by atoms with Crippen molar-refractivity contribution < 1.29 is 0 Å². The fourth-order valence-electron chi connectivity index (χ4n) is 2.12. The fraction of sp³-hybridized carbons (Fsp3) is 0.667. The Morgan fingerprint density at radius 3 is 3.06 bits per heavy atom. The quantitative estimate of drug-likeness (QED) is 0.637. The summed E-state index contributed by atoms with van der Waals surface area (Å²) in [5.41, 5.74) is 5.88. The van der Waals surface area contributed by atoms with E-state index in [1.54, 1.807) is 11.3 Å². The summed E-state index contributed by atoms with van der Waals surface area (Å²) in [5, 5.41) is 6.41. The lowest BCUT2D eigenvalue weighted by atomic mass is 10.2. The smallest absolute Gasteiger partial charge is 0.188 e. The zero-order valence-electron chi connectivity index (χ0n) is 10.2. The standard InChI is InChI=1S/C12H20N4S/c1-9(11-14-6-7-17-11)8-15-12(13)16-10-4-2-3-5-10/h6-7,9-10H,2-5,8H2,1H3,(H3,13,15,16). The average Bonchev–Trinajstić information content (AvgIpc) is 2.97. The van der Waals surface area contributed by atoms with Crippen molar-refractivity contribution >= 4 is 17.3 Å². The molecule has 1 aromatic heterocycles. The van der Waals surface area contributed by atoms with Crippen molar-refractivity contribution in [2.45, 2.75) is 44.6 Å². The maximum atomic E-state index is 5.88. The molecule has 1 atom stereocenters. The highest BCUT2D eigenvalue weighted by Crippen LogP contribution is 2.18. The molecule has 2 rings (SSSR count). The molecule has 1 aromatic rings. The number of nitrogens with two attached hydrogens (primary N) is 1. The van der Waals surface area contributed by atoms with E-state index in [4.69, 9.17) is 5.73 Å². The van der Waals surface area contributed by atoms with Gasteiger partial charge in [-0.15, -0.1) is 11.3 Å². The van der Waals surface area contributed by atoms with Crippen molar-refractivity contribution in [2.24, 2.45) is 10.7 Å². The normalized spacial score (nSPS) is 19.5. The number of nitrogens with one attached hydrogen (secondary N) is 1. The molecule has 1 saturated carbocycles. The van der Waals surface area contributed by atoms with E-state index >= 15 is 0 Å². The summed E-state index contributed by atoms with van der Waals surface area (Å²) in [6, 6.07) is 0.536. The molecular weight excluding hydrogens is 232 g/mol. The van der Waals surface area contributed by atoms with Crippen molar-refractivity contribution in [2.75, 3.05) is 6.54 Å². The number of thiazole rings is 1. The Kier molecular flexibility index (Phi) is 4.36. The summed E-state index contributed by atoms with van der Waals surface area (Å²) in [4.78, 5) is 8.68. The molecule has 0 aliphatic heterocycles. The molecule has 0 aromatic carbocycles. The summed E-state index contributed by atoms with van der Waals surface area (Å²) >= 11 is 1.67. The molecule has 1 aliphatic rings. The SMILES string of the molecule is CC(CN=C(N)NC1CCCC1)c1nccs1. The lowest BCUT2D eigenvalue weighted by Gasteiger charge is -2.13. The van der Waals surface area contributed by atoms with Crippen LogP contribution < -0.4 is 11.1 Å². The van der Waals surface area contributed by atoms with Gasteiger partial charge in [0.05, 0.1) is 11.6 Å². The van der Waals surface area contributed by atoms with Gasteiger partial charge in [0.15, 0.2) is 5.96 Å². The van der Waals surface area contributed by atoms with Crippen LogP contribution in [0.4, 0.5) is 0 Å². The number of nitrogens with zero attached hydrogens (tertiary/aromatic N) is 2. The van der Waals surface area contributed by atoms with Crippen LogP contribution in [0.2, 0.25) is 0 Å². The lowest BCUT2D eigenvalue weighted by Crippen LogP contribution is -2.38. The van der Waals surface area contributed by atoms with Crippen LogP contribution in [-0.4, -0.2) is 23.5 Å². The van der Waals surface area contributed by atoms with Gasteiger partial charge in [-0.1, -0.05) is 19.8 Å². The van der Waals surface area contributed by atoms with E-state index in [0.717, 1.165) is 5.01 Å². The molecule has 1 heterocycles. The van der Waals surface area contributed by atoms with Crippen molar-refractivity contribution in [1.82, 2.24) is 10.3 Å². The highest BCUT2D eigenvalue weighted by Gasteiger charge is 2.15. The number of hydrogen-bond acceptors (Lipinski definition) is 3. The van der Waals surface area contributed by atoms with E-state index in [2.05, 4.69) is 22.2 Å². The van der Waals surface area contributed by atoms with Gasteiger partial charge in [0.25, 0.3) is 0 Å². The minimum atomic E-state index is 0.346. The zero-order chi connectivity index (χ0) is 12.1. The minimum Gasteiger partial charge on any atom is -0.370 e. The van der Waals surface area contributed by atoms with E-state index in [-0.39, 0.29) is 0 Å². The number of rotatable bonds is 4. The molecule has 1 fully saturated rings. The van der Waals surface area contributed by atoms with Crippen LogP contribution in [-0.2, 0) is 0 Å². The Bertz CT molecular complexity index is 355. The summed E-state index contributed by atoms with van der Waals surface area (Å²) in [7, 11) is 0. The van der Waals surface area contributed by atoms with Gasteiger partial charge in [0, 0.05) is 23.5 Å². The maximum Gasteiger partial charge on any atom is 0.188 e. The first-order chi connectivity index (χ1) is 8.25. The molecule has 17 heavy (non-hydrogen) atoms. The van der Waals surface area contributed by atoms with E-state index in [1.807, 2.05) is 11.6 Å². The van der Waals surface area contributed by atoms with E-state index in [0.29, 0.717) is 24.5 Å². The van der Waals surface area contributed by atoms with Crippen LogP contribution in [0.3, 0.4) is 0 Å². The van der Waals surface area contributed by atoms with E-state index in [1.165, 1.54) is 25.7 Å². The first-order valence-corrected chi connectivity index (χ1v) is 7.09. The van der Waals surface area contributed by atoms with Gasteiger partial charge < -0.3 is 11.1 Å². The van der Waals surface area contributed by atoms with Crippen LogP contribution in [0.15, 0.2) is 16.6 Å². The first-order valence-electron chi connectivity index (χ1n) is 6.21. The predicted molar refractivity (Wildman–Crippen MR) is 72.4 cm³/mol. The summed E-state index contributed by atoms with van der Waals surface area (Å²) in [5.74, 6) is 0.930. The Labute approximate surface area is 106 Å². The molecule has 1 aliphatic carbocycles. The number of guanidine groups is 1. The second kappa shape index (κ2) is 6.00. The molecule has 94 valence electrons. The van der Waals surface area contributed by atoms with Crippen LogP contribution in [0.5, 0.6) is 0 Å². The fourth-order valence-corrected chi connectivity index (χ4v) is 2.81. The van der Waals surface area contributed by atoms with Gasteiger partial charge >= 0.3 is 0 Å². The monoisotopic (exact) mass is 252 g/mol. The van der Waals surface area contributed by atoms with Crippen molar-refractivity contribution in [3.8, 4) is 0 Å². The van der Waals surface area contributed by atoms with Gasteiger partial charge in [-0.2, -0.15) is 0 Å². The second-order valence-corrected chi connectivity index (χ2v) is 5.55. The number of hydrogen-bond donors (Lipinski definition) is 2. The van der Waals surface area contributed by atoms with Crippen molar-refractivity contribution in [3.63, 3.8) is 0 Å². The Hall–Kier alpha value is -1.10. The van der Waals surface area contributed by atoms with Crippen LogP contribution >= 0.6 is 11.3 Å². The molecule has 0 radical (unpaired) electrons. The Morgan fingerprint density at radius 2 is 2.41 bits per heavy atom. The average molecular weight is 252 g/mol. The largest absolute Gasteiger partial charge is 0.370 e. The third-order valence-electron chi connectivity index (χ3n) is 3.12. The Morgan fingerprint density at radius 1 is 1.65 bits per heavy atom. The van der Waals surface area contributed by atoms with Gasteiger partial charge in [-0.3, -0.25) is 4.99 Å². The first kappa shape index (κ1) is 12.4. The van der Waals surface area contributed by atoms with Gasteiger partial charge in [-0.25, -0.2) is 4.98 Å². The summed E-state index contributed by atoms with van der Waals surface area (Å²) in [6.45, 7) is 2.84. The lowest BCUT2D eigenvalue weighted by molar-refractivity contribution is 0.623. The molecule has 0 bridgehead atoms. The van der Waals surface area contributed by atoms with Crippen molar-refractivity contribution in [3.05, 3.63) is 16.6 Å². The van der Waals surface area contributed by atoms with Crippen LogP contribution in [0.25, 0.3) is 0 Å². The molecule has 3 N–H and O–H groups in total. The summed E-state index contributed by atoms with van der Waals surface area (Å²) < 4.78 is 0. The molecule has 1 unspecified atom stereocenters. The van der Waals surface area contributed by atoms with Gasteiger partial charge in [0.2, 0.25) is 0 Å². The third kappa shape index (κ3) is 3.70. The highest BCUT2D eigenvalue weighted by atomic mass is 32.1. The molecule has 4 nitrogen and oxygen atoms in total. The van der Waals surface area contributed by atoms with Gasteiger partial charge in [-0.05, 0) is 12.8 Å². The second-order valence-electron chi connectivity index (χ2n) is 4.62. The van der Waals surface area contributed by atoms with Crippen LogP contribution in [0.1, 0.15) is 43.5 Å². The third-order valence-corrected chi connectivity index (χ3v) is 4.12. The number of aliphatic imine (C=N–C) groups is 1. The minimum absolute atomic E-state index is 0.346. The highest BCUT2D eigenvalue weighted by molar-refractivity contribution is 7.09. The topological polar surface area (TPSA) is 63.3 Å². The maximum absolute atomic E-state index is 5.88. The van der Waals surface area contributed by atoms with Gasteiger partial charge in [0.1, 0.15) is 0 Å². The molecule has 0 spiro atoms.